The standard InChI is InChI=1S/C14H18O3/c1-10(15)17-12-7-5-6-11(8-12)13(16)9-14(2,3)4/h5-8H,9H2,1-4H3. The largest absolute Gasteiger partial charge is 0.427 e. The van der Waals surface area contributed by atoms with Gasteiger partial charge < -0.3 is 4.74 Å². The van der Waals surface area contributed by atoms with Crippen LogP contribution in [0.4, 0.5) is 0 Å². The quantitative estimate of drug-likeness (QED) is 0.458. The van der Waals surface area contributed by atoms with Gasteiger partial charge in [0.1, 0.15) is 5.75 Å². The Morgan fingerprint density at radius 3 is 2.41 bits per heavy atom. The second-order valence-corrected chi connectivity index (χ2v) is 5.28. The fourth-order valence-electron chi connectivity index (χ4n) is 1.48. The van der Waals surface area contributed by atoms with Gasteiger partial charge in [-0.25, -0.2) is 0 Å². The van der Waals surface area contributed by atoms with Gasteiger partial charge in [0.05, 0.1) is 0 Å². The minimum absolute atomic E-state index is 0.0471. The molecule has 0 aliphatic carbocycles. The van der Waals surface area contributed by atoms with Gasteiger partial charge in [-0.3, -0.25) is 9.59 Å². The maximum atomic E-state index is 12.0. The van der Waals surface area contributed by atoms with Crippen molar-refractivity contribution in [3.05, 3.63) is 29.8 Å². The molecule has 1 aromatic rings. The first-order valence-electron chi connectivity index (χ1n) is 5.59. The number of esters is 1. The zero-order chi connectivity index (χ0) is 13.1. The molecule has 0 heterocycles. The lowest BCUT2D eigenvalue weighted by molar-refractivity contribution is -0.131. The molecular weight excluding hydrogens is 216 g/mol. The van der Waals surface area contributed by atoms with E-state index in [1.54, 1.807) is 24.3 Å². The SMILES string of the molecule is CC(=O)Oc1cccc(C(=O)CC(C)(C)C)c1. The van der Waals surface area contributed by atoms with Crippen molar-refractivity contribution in [2.24, 2.45) is 5.41 Å². The van der Waals surface area contributed by atoms with Crippen LogP contribution >= 0.6 is 0 Å². The minimum Gasteiger partial charge on any atom is -0.427 e. The molecule has 0 bridgehead atoms. The monoisotopic (exact) mass is 234 g/mol. The first-order chi connectivity index (χ1) is 7.78. The molecule has 0 aliphatic heterocycles. The third kappa shape index (κ3) is 4.81. The maximum absolute atomic E-state index is 12.0. The van der Waals surface area contributed by atoms with Crippen LogP contribution in [0.25, 0.3) is 0 Å². The molecule has 1 aromatic carbocycles. The van der Waals surface area contributed by atoms with Crippen LogP contribution in [0.3, 0.4) is 0 Å². The first-order valence-corrected chi connectivity index (χ1v) is 5.59. The van der Waals surface area contributed by atoms with Crippen LogP contribution < -0.4 is 4.74 Å². The predicted molar refractivity (Wildman–Crippen MR) is 66.2 cm³/mol. The molecule has 92 valence electrons. The number of benzene rings is 1. The van der Waals surface area contributed by atoms with Crippen LogP contribution in [0.2, 0.25) is 0 Å². The molecule has 0 saturated heterocycles. The van der Waals surface area contributed by atoms with E-state index in [2.05, 4.69) is 0 Å². The highest BCUT2D eigenvalue weighted by Gasteiger charge is 2.17. The van der Waals surface area contributed by atoms with Gasteiger partial charge in [-0.15, -0.1) is 0 Å². The van der Waals surface area contributed by atoms with Crippen LogP contribution in [0, 0.1) is 5.41 Å². The van der Waals surface area contributed by atoms with Gasteiger partial charge in [-0.2, -0.15) is 0 Å². The number of carbonyl (C=O) groups is 2. The average Bonchev–Trinajstić information content (AvgIpc) is 2.14. The van der Waals surface area contributed by atoms with Crippen LogP contribution in [0.5, 0.6) is 5.75 Å². The molecule has 0 fully saturated rings. The smallest absolute Gasteiger partial charge is 0.308 e. The summed E-state index contributed by atoms with van der Waals surface area (Å²) in [6, 6.07) is 6.72. The van der Waals surface area contributed by atoms with Gasteiger partial charge in [-0.05, 0) is 17.5 Å². The number of hydrogen-bond donors (Lipinski definition) is 0. The van der Waals surface area contributed by atoms with Crippen LogP contribution in [-0.2, 0) is 4.79 Å². The highest BCUT2D eigenvalue weighted by atomic mass is 16.5. The second kappa shape index (κ2) is 5.13. The third-order valence-corrected chi connectivity index (χ3v) is 2.11. The van der Waals surface area contributed by atoms with Crippen LogP contribution in [-0.4, -0.2) is 11.8 Å². The Kier molecular flexibility index (Phi) is 4.05. The van der Waals surface area contributed by atoms with E-state index in [0.717, 1.165) is 0 Å². The molecule has 0 saturated carbocycles. The normalized spacial score (nSPS) is 11.1. The van der Waals surface area contributed by atoms with Crippen molar-refractivity contribution in [2.45, 2.75) is 34.1 Å². The number of carbonyl (C=O) groups excluding carboxylic acids is 2. The topological polar surface area (TPSA) is 43.4 Å². The Bertz CT molecular complexity index is 427. The van der Waals surface area contributed by atoms with Crippen molar-refractivity contribution in [1.29, 1.82) is 0 Å². The lowest BCUT2D eigenvalue weighted by Crippen LogP contribution is -2.13. The summed E-state index contributed by atoms with van der Waals surface area (Å²) < 4.78 is 4.94. The Morgan fingerprint density at radius 2 is 1.88 bits per heavy atom. The first kappa shape index (κ1) is 13.4. The van der Waals surface area contributed by atoms with E-state index in [9.17, 15) is 9.59 Å². The lowest BCUT2D eigenvalue weighted by atomic mass is 9.88. The summed E-state index contributed by atoms with van der Waals surface area (Å²) in [4.78, 5) is 22.8. The van der Waals surface area contributed by atoms with Gasteiger partial charge in [0, 0.05) is 18.9 Å². The molecule has 0 spiro atoms. The van der Waals surface area contributed by atoms with Gasteiger partial charge in [0.25, 0.3) is 0 Å². The van der Waals surface area contributed by atoms with Crippen molar-refractivity contribution in [2.75, 3.05) is 0 Å². The van der Waals surface area contributed by atoms with E-state index in [-0.39, 0.29) is 17.2 Å². The van der Waals surface area contributed by atoms with Crippen molar-refractivity contribution in [3.63, 3.8) is 0 Å². The average molecular weight is 234 g/mol. The number of rotatable bonds is 3. The minimum atomic E-state index is -0.384. The molecule has 0 N–H and O–H groups in total. The van der Waals surface area contributed by atoms with Crippen molar-refractivity contribution in [1.82, 2.24) is 0 Å². The molecule has 3 heteroatoms. The molecule has 0 atom stereocenters. The van der Waals surface area contributed by atoms with E-state index in [0.29, 0.717) is 17.7 Å². The highest BCUT2D eigenvalue weighted by molar-refractivity contribution is 5.96. The van der Waals surface area contributed by atoms with Gasteiger partial charge in [0.2, 0.25) is 0 Å². The maximum Gasteiger partial charge on any atom is 0.308 e. The fraction of sp³-hybridized carbons (Fsp3) is 0.429. The summed E-state index contributed by atoms with van der Waals surface area (Å²) >= 11 is 0. The number of hydrogen-bond acceptors (Lipinski definition) is 3. The van der Waals surface area contributed by atoms with E-state index in [1.807, 2.05) is 20.8 Å². The molecule has 0 amide bonds. The Labute approximate surface area is 102 Å². The number of ether oxygens (including phenoxy) is 1. The molecule has 3 nitrogen and oxygen atoms in total. The van der Waals surface area contributed by atoms with Crippen LogP contribution in [0.1, 0.15) is 44.5 Å². The number of ketones is 1. The second-order valence-electron chi connectivity index (χ2n) is 5.28. The van der Waals surface area contributed by atoms with Crippen molar-refractivity contribution < 1.29 is 14.3 Å². The van der Waals surface area contributed by atoms with E-state index < -0.39 is 0 Å². The van der Waals surface area contributed by atoms with E-state index >= 15 is 0 Å². The summed E-state index contributed by atoms with van der Waals surface area (Å²) in [7, 11) is 0. The predicted octanol–water partition coefficient (Wildman–Crippen LogP) is 3.23. The van der Waals surface area contributed by atoms with Crippen molar-refractivity contribution in [3.8, 4) is 5.75 Å². The zero-order valence-corrected chi connectivity index (χ0v) is 10.7. The number of Topliss-reactive ketones (excluding diaryl/α,β-unsaturated/α-hetero) is 1. The van der Waals surface area contributed by atoms with E-state index in [4.69, 9.17) is 4.74 Å². The van der Waals surface area contributed by atoms with Gasteiger partial charge in [-0.1, -0.05) is 32.9 Å². The summed E-state index contributed by atoms with van der Waals surface area (Å²) in [5.41, 5.74) is 0.535. The summed E-state index contributed by atoms with van der Waals surface area (Å²) in [6.07, 6.45) is 0.469. The Balaban J connectivity index is 2.84. The summed E-state index contributed by atoms with van der Waals surface area (Å²) in [5, 5.41) is 0. The molecule has 0 radical (unpaired) electrons. The molecule has 1 rings (SSSR count). The zero-order valence-electron chi connectivity index (χ0n) is 10.7. The molecule has 0 aromatic heterocycles. The third-order valence-electron chi connectivity index (χ3n) is 2.11. The fourth-order valence-corrected chi connectivity index (χ4v) is 1.48. The highest BCUT2D eigenvalue weighted by Crippen LogP contribution is 2.23. The lowest BCUT2D eigenvalue weighted by Gasteiger charge is -2.16. The summed E-state index contributed by atoms with van der Waals surface area (Å²) in [6.45, 7) is 7.38. The molecular formula is C14H18O3. The van der Waals surface area contributed by atoms with E-state index in [1.165, 1.54) is 6.92 Å². The Hall–Kier alpha value is -1.64. The summed E-state index contributed by atoms with van der Waals surface area (Å²) in [5.74, 6) is 0.0918. The van der Waals surface area contributed by atoms with Gasteiger partial charge >= 0.3 is 5.97 Å². The van der Waals surface area contributed by atoms with Crippen LogP contribution in [0.15, 0.2) is 24.3 Å². The molecule has 0 aliphatic rings. The van der Waals surface area contributed by atoms with Crippen molar-refractivity contribution >= 4 is 11.8 Å². The molecule has 17 heavy (non-hydrogen) atoms. The van der Waals surface area contributed by atoms with Gasteiger partial charge in [0.15, 0.2) is 5.78 Å². The Morgan fingerprint density at radius 1 is 1.24 bits per heavy atom. The molecule has 0 unspecified atom stereocenters.